The van der Waals surface area contributed by atoms with E-state index >= 15 is 0 Å². The third-order valence-electron chi connectivity index (χ3n) is 4.46. The molecule has 0 saturated heterocycles. The van der Waals surface area contributed by atoms with Crippen LogP contribution >= 0.6 is 27.7 Å². The van der Waals surface area contributed by atoms with E-state index in [1.807, 2.05) is 12.3 Å². The summed E-state index contributed by atoms with van der Waals surface area (Å²) in [5.74, 6) is 2.03. The predicted octanol–water partition coefficient (Wildman–Crippen LogP) is 2.15. The summed E-state index contributed by atoms with van der Waals surface area (Å²) in [6.45, 7) is 1.20. The second kappa shape index (κ2) is 9.36. The normalized spacial score (nSPS) is 13.9. The lowest BCUT2D eigenvalue weighted by atomic mass is 10.1. The summed E-state index contributed by atoms with van der Waals surface area (Å²) in [4.78, 5) is 25.3. The van der Waals surface area contributed by atoms with Crippen molar-refractivity contribution in [3.05, 3.63) is 46.0 Å². The maximum absolute atomic E-state index is 12.7. The van der Waals surface area contributed by atoms with Gasteiger partial charge in [-0.25, -0.2) is 0 Å². The highest BCUT2D eigenvalue weighted by Gasteiger charge is 2.23. The summed E-state index contributed by atoms with van der Waals surface area (Å²) in [5, 5.41) is 14.1. The first kappa shape index (κ1) is 19.9. The number of hydrogen-bond donors (Lipinski definition) is 2. The van der Waals surface area contributed by atoms with Gasteiger partial charge in [-0.05, 0) is 52.9 Å². The molecule has 2 heterocycles. The fourth-order valence-electron chi connectivity index (χ4n) is 3.02. The average Bonchev–Trinajstić information content (AvgIpc) is 3.27. The average molecular weight is 452 g/mol. The quantitative estimate of drug-likeness (QED) is 0.641. The number of carbonyl (C=O) groups is 2. The Bertz CT molecular complexity index is 826. The molecule has 3 rings (SSSR count). The predicted molar refractivity (Wildman–Crippen MR) is 109 cm³/mol. The molecule has 1 aromatic carbocycles. The Labute approximate surface area is 170 Å². The molecule has 2 N–H and O–H groups in total. The Morgan fingerprint density at radius 3 is 2.93 bits per heavy atom. The van der Waals surface area contributed by atoms with Gasteiger partial charge in [0.15, 0.2) is 5.82 Å². The van der Waals surface area contributed by atoms with Crippen molar-refractivity contribution in [3.8, 4) is 0 Å². The minimum absolute atomic E-state index is 0.209. The van der Waals surface area contributed by atoms with E-state index in [4.69, 9.17) is 0 Å². The molecule has 1 aliphatic heterocycles. The lowest BCUT2D eigenvalue weighted by Gasteiger charge is -2.18. The molecule has 1 aromatic heterocycles. The molecular formula is C18H22BrN5O2S. The number of aromatic nitrogens is 3. The van der Waals surface area contributed by atoms with Crippen molar-refractivity contribution in [1.82, 2.24) is 25.4 Å². The van der Waals surface area contributed by atoms with Crippen LogP contribution in [0.25, 0.3) is 0 Å². The third kappa shape index (κ3) is 4.90. The van der Waals surface area contributed by atoms with Gasteiger partial charge in [0.25, 0.3) is 5.91 Å². The van der Waals surface area contributed by atoms with Crippen molar-refractivity contribution in [3.63, 3.8) is 0 Å². The van der Waals surface area contributed by atoms with Crippen molar-refractivity contribution in [2.75, 3.05) is 12.0 Å². The van der Waals surface area contributed by atoms with Crippen LogP contribution in [0.15, 0.2) is 28.7 Å². The number of amides is 2. The van der Waals surface area contributed by atoms with Crippen molar-refractivity contribution < 1.29 is 9.59 Å². The van der Waals surface area contributed by atoms with Crippen molar-refractivity contribution in [2.45, 2.75) is 38.4 Å². The first-order valence-corrected chi connectivity index (χ1v) is 11.0. The molecule has 0 radical (unpaired) electrons. The highest BCUT2D eigenvalue weighted by Crippen LogP contribution is 2.16. The van der Waals surface area contributed by atoms with Gasteiger partial charge in [-0.3, -0.25) is 9.59 Å². The highest BCUT2D eigenvalue weighted by atomic mass is 79.9. The fourth-order valence-corrected chi connectivity index (χ4v) is 3.95. The SMILES string of the molecule is CSCCC(NC(=O)c1ccccc1Br)C(=O)NCc1nnc2n1CCC2. The van der Waals surface area contributed by atoms with Gasteiger partial charge < -0.3 is 15.2 Å². The first-order chi connectivity index (χ1) is 13.1. The number of carbonyl (C=O) groups excluding carboxylic acids is 2. The number of thioether (sulfide) groups is 1. The third-order valence-corrected chi connectivity index (χ3v) is 5.79. The number of benzene rings is 1. The molecule has 0 spiro atoms. The molecule has 2 amide bonds. The number of hydrogen-bond acceptors (Lipinski definition) is 5. The monoisotopic (exact) mass is 451 g/mol. The topological polar surface area (TPSA) is 88.9 Å². The second-order valence-electron chi connectivity index (χ2n) is 6.29. The fraction of sp³-hybridized carbons (Fsp3) is 0.444. The van der Waals surface area contributed by atoms with E-state index in [9.17, 15) is 9.59 Å². The molecule has 7 nitrogen and oxygen atoms in total. The molecule has 0 fully saturated rings. The Morgan fingerprint density at radius 1 is 1.33 bits per heavy atom. The summed E-state index contributed by atoms with van der Waals surface area (Å²) >= 11 is 5.02. The summed E-state index contributed by atoms with van der Waals surface area (Å²) in [6, 6.07) is 6.57. The zero-order valence-electron chi connectivity index (χ0n) is 15.1. The van der Waals surface area contributed by atoms with E-state index in [2.05, 4.69) is 41.3 Å². The van der Waals surface area contributed by atoms with E-state index in [0.29, 0.717) is 23.0 Å². The molecule has 1 unspecified atom stereocenters. The number of fused-ring (bicyclic) bond motifs is 1. The van der Waals surface area contributed by atoms with Crippen LogP contribution in [0.4, 0.5) is 0 Å². The Balaban J connectivity index is 1.63. The van der Waals surface area contributed by atoms with Gasteiger partial charge in [0, 0.05) is 17.4 Å². The Morgan fingerprint density at radius 2 is 2.15 bits per heavy atom. The van der Waals surface area contributed by atoms with E-state index < -0.39 is 6.04 Å². The standard InChI is InChI=1S/C18H22BrN5O2S/c1-27-10-8-14(21-17(25)12-5-2-3-6-13(12)19)18(26)20-11-16-23-22-15-7-4-9-24(15)16/h2-3,5-6,14H,4,7-11H2,1H3,(H,20,26)(H,21,25). The number of nitrogens with zero attached hydrogens (tertiary/aromatic N) is 3. The van der Waals surface area contributed by atoms with Crippen LogP contribution < -0.4 is 10.6 Å². The van der Waals surface area contributed by atoms with Crippen molar-refractivity contribution in [1.29, 1.82) is 0 Å². The molecule has 2 aromatic rings. The smallest absolute Gasteiger partial charge is 0.253 e. The van der Waals surface area contributed by atoms with E-state index in [0.717, 1.165) is 36.8 Å². The largest absolute Gasteiger partial charge is 0.347 e. The summed E-state index contributed by atoms with van der Waals surface area (Å²) in [5.41, 5.74) is 0.509. The number of halogens is 1. The molecule has 27 heavy (non-hydrogen) atoms. The number of aryl methyl sites for hydroxylation is 1. The van der Waals surface area contributed by atoms with Gasteiger partial charge in [-0.15, -0.1) is 10.2 Å². The molecule has 0 bridgehead atoms. The molecule has 0 saturated carbocycles. The lowest BCUT2D eigenvalue weighted by Crippen LogP contribution is -2.47. The van der Waals surface area contributed by atoms with Gasteiger partial charge in [0.1, 0.15) is 11.9 Å². The minimum Gasteiger partial charge on any atom is -0.347 e. The molecule has 1 aliphatic rings. The minimum atomic E-state index is -0.599. The van der Waals surface area contributed by atoms with Crippen LogP contribution in [0.3, 0.4) is 0 Å². The molecule has 9 heteroatoms. The second-order valence-corrected chi connectivity index (χ2v) is 8.13. The molecular weight excluding hydrogens is 430 g/mol. The van der Waals surface area contributed by atoms with E-state index in [1.165, 1.54) is 0 Å². The van der Waals surface area contributed by atoms with Crippen LogP contribution in [0, 0.1) is 0 Å². The van der Waals surface area contributed by atoms with Crippen LogP contribution in [-0.2, 0) is 24.3 Å². The number of nitrogens with one attached hydrogen (secondary N) is 2. The summed E-state index contributed by atoms with van der Waals surface area (Å²) in [6.07, 6.45) is 4.52. The van der Waals surface area contributed by atoms with Crippen LogP contribution in [0.5, 0.6) is 0 Å². The summed E-state index contributed by atoms with van der Waals surface area (Å²) < 4.78 is 2.75. The maximum Gasteiger partial charge on any atom is 0.253 e. The van der Waals surface area contributed by atoms with Crippen molar-refractivity contribution >= 4 is 39.5 Å². The van der Waals surface area contributed by atoms with E-state index in [-0.39, 0.29) is 11.8 Å². The summed E-state index contributed by atoms with van der Waals surface area (Å²) in [7, 11) is 0. The van der Waals surface area contributed by atoms with Gasteiger partial charge in [0.05, 0.1) is 12.1 Å². The Hall–Kier alpha value is -1.87. The molecule has 0 aliphatic carbocycles. The van der Waals surface area contributed by atoms with E-state index in [1.54, 1.807) is 30.0 Å². The zero-order chi connectivity index (χ0) is 19.2. The molecule has 144 valence electrons. The number of rotatable bonds is 8. The first-order valence-electron chi connectivity index (χ1n) is 8.83. The van der Waals surface area contributed by atoms with Gasteiger partial charge in [0.2, 0.25) is 5.91 Å². The van der Waals surface area contributed by atoms with Crippen LogP contribution in [0.2, 0.25) is 0 Å². The lowest BCUT2D eigenvalue weighted by molar-refractivity contribution is -0.123. The van der Waals surface area contributed by atoms with Crippen molar-refractivity contribution in [2.24, 2.45) is 0 Å². The zero-order valence-corrected chi connectivity index (χ0v) is 17.5. The molecule has 1 atom stereocenters. The highest BCUT2D eigenvalue weighted by molar-refractivity contribution is 9.10. The Kier molecular flexibility index (Phi) is 6.89. The van der Waals surface area contributed by atoms with Gasteiger partial charge >= 0.3 is 0 Å². The van der Waals surface area contributed by atoms with Crippen LogP contribution in [0.1, 0.15) is 34.8 Å². The van der Waals surface area contributed by atoms with Gasteiger partial charge in [-0.2, -0.15) is 11.8 Å². The van der Waals surface area contributed by atoms with Gasteiger partial charge in [-0.1, -0.05) is 12.1 Å². The maximum atomic E-state index is 12.7. The van der Waals surface area contributed by atoms with Crippen LogP contribution in [-0.4, -0.2) is 44.6 Å².